The van der Waals surface area contributed by atoms with Gasteiger partial charge >= 0.3 is 0 Å². The quantitative estimate of drug-likeness (QED) is 0.831. The minimum atomic E-state index is 0.258. The SMILES string of the molecule is O=C(CN1CCN(c2ccc(O)cc2)CC1)N1CCN(Cc2ccsc2)CC1. The van der Waals surface area contributed by atoms with Crippen LogP contribution in [0.2, 0.25) is 0 Å². The molecule has 4 rings (SSSR count). The van der Waals surface area contributed by atoms with Crippen LogP contribution in [-0.4, -0.2) is 84.6 Å². The van der Waals surface area contributed by atoms with E-state index in [1.807, 2.05) is 17.0 Å². The molecular formula is C21H28N4O2S. The molecule has 2 fully saturated rings. The van der Waals surface area contributed by atoms with E-state index in [1.165, 1.54) is 5.56 Å². The molecule has 2 saturated heterocycles. The van der Waals surface area contributed by atoms with Crippen LogP contribution in [0.1, 0.15) is 5.56 Å². The second-order valence-electron chi connectivity index (χ2n) is 7.57. The number of hydrogen-bond acceptors (Lipinski definition) is 6. The number of phenols is 1. The smallest absolute Gasteiger partial charge is 0.236 e. The monoisotopic (exact) mass is 400 g/mol. The number of nitrogens with zero attached hydrogens (tertiary/aromatic N) is 4. The standard InChI is InChI=1S/C21H28N4O2S/c26-20-3-1-19(2-4-20)24-10-6-23(7-11-24)16-21(27)25-12-8-22(9-13-25)15-18-5-14-28-17-18/h1-5,14,17,26H,6-13,15-16H2. The molecule has 1 N–H and O–H groups in total. The first-order valence-corrected chi connectivity index (χ1v) is 10.9. The summed E-state index contributed by atoms with van der Waals surface area (Å²) in [6, 6.07) is 9.53. The van der Waals surface area contributed by atoms with Crippen molar-refractivity contribution in [2.75, 3.05) is 63.8 Å². The number of benzene rings is 1. The van der Waals surface area contributed by atoms with Gasteiger partial charge in [0.15, 0.2) is 0 Å². The van der Waals surface area contributed by atoms with Crippen molar-refractivity contribution in [1.29, 1.82) is 0 Å². The zero-order valence-corrected chi connectivity index (χ0v) is 17.0. The fourth-order valence-electron chi connectivity index (χ4n) is 3.92. The fraction of sp³-hybridized carbons (Fsp3) is 0.476. The van der Waals surface area contributed by atoms with Crippen molar-refractivity contribution in [3.05, 3.63) is 46.7 Å². The lowest BCUT2D eigenvalue weighted by Crippen LogP contribution is -2.53. The Hall–Kier alpha value is -2.09. The molecule has 3 heterocycles. The van der Waals surface area contributed by atoms with Gasteiger partial charge in [0.25, 0.3) is 0 Å². The summed E-state index contributed by atoms with van der Waals surface area (Å²) in [5.41, 5.74) is 2.50. The number of hydrogen-bond donors (Lipinski definition) is 1. The molecule has 1 aromatic heterocycles. The van der Waals surface area contributed by atoms with Crippen LogP contribution < -0.4 is 4.90 Å². The highest BCUT2D eigenvalue weighted by Crippen LogP contribution is 2.20. The minimum Gasteiger partial charge on any atom is -0.508 e. The lowest BCUT2D eigenvalue weighted by Gasteiger charge is -2.38. The Morgan fingerprint density at radius 2 is 1.57 bits per heavy atom. The van der Waals surface area contributed by atoms with Crippen molar-refractivity contribution in [2.24, 2.45) is 0 Å². The van der Waals surface area contributed by atoms with E-state index in [0.717, 1.165) is 64.6 Å². The van der Waals surface area contributed by atoms with Crippen LogP contribution in [0.25, 0.3) is 0 Å². The van der Waals surface area contributed by atoms with Gasteiger partial charge in [0.05, 0.1) is 6.54 Å². The topological polar surface area (TPSA) is 50.3 Å². The summed E-state index contributed by atoms with van der Waals surface area (Å²) in [6.07, 6.45) is 0. The highest BCUT2D eigenvalue weighted by atomic mass is 32.1. The number of rotatable bonds is 5. The van der Waals surface area contributed by atoms with Crippen LogP contribution in [0.15, 0.2) is 41.1 Å². The zero-order chi connectivity index (χ0) is 19.3. The third-order valence-corrected chi connectivity index (χ3v) is 6.39. The molecule has 0 spiro atoms. The first kappa shape index (κ1) is 19.2. The van der Waals surface area contributed by atoms with Gasteiger partial charge in [-0.2, -0.15) is 11.3 Å². The minimum absolute atomic E-state index is 0.258. The Morgan fingerprint density at radius 3 is 2.21 bits per heavy atom. The van der Waals surface area contributed by atoms with Gasteiger partial charge in [0, 0.05) is 64.6 Å². The third kappa shape index (κ3) is 4.84. The van der Waals surface area contributed by atoms with E-state index in [-0.39, 0.29) is 5.91 Å². The van der Waals surface area contributed by atoms with Crippen molar-refractivity contribution < 1.29 is 9.90 Å². The molecule has 0 aliphatic carbocycles. The van der Waals surface area contributed by atoms with Gasteiger partial charge in [0.1, 0.15) is 5.75 Å². The number of anilines is 1. The number of carbonyl (C=O) groups is 1. The molecule has 0 saturated carbocycles. The normalized spacial score (nSPS) is 19.1. The summed E-state index contributed by atoms with van der Waals surface area (Å²) in [5, 5.41) is 13.8. The van der Waals surface area contributed by atoms with E-state index >= 15 is 0 Å². The Morgan fingerprint density at radius 1 is 0.893 bits per heavy atom. The predicted octanol–water partition coefficient (Wildman–Crippen LogP) is 1.92. The average molecular weight is 401 g/mol. The van der Waals surface area contributed by atoms with Crippen LogP contribution in [0.3, 0.4) is 0 Å². The van der Waals surface area contributed by atoms with Crippen molar-refractivity contribution >= 4 is 22.9 Å². The van der Waals surface area contributed by atoms with E-state index in [4.69, 9.17) is 0 Å². The molecule has 150 valence electrons. The van der Waals surface area contributed by atoms with Gasteiger partial charge in [0.2, 0.25) is 5.91 Å². The molecule has 0 radical (unpaired) electrons. The van der Waals surface area contributed by atoms with Crippen molar-refractivity contribution in [1.82, 2.24) is 14.7 Å². The van der Waals surface area contributed by atoms with Crippen LogP contribution in [0.5, 0.6) is 5.75 Å². The molecule has 0 atom stereocenters. The maximum absolute atomic E-state index is 12.7. The van der Waals surface area contributed by atoms with Gasteiger partial charge in [-0.25, -0.2) is 0 Å². The zero-order valence-electron chi connectivity index (χ0n) is 16.2. The number of piperazine rings is 2. The molecule has 1 amide bonds. The summed E-state index contributed by atoms with van der Waals surface area (Å²) in [7, 11) is 0. The second-order valence-corrected chi connectivity index (χ2v) is 8.35. The van der Waals surface area contributed by atoms with Crippen molar-refractivity contribution in [3.63, 3.8) is 0 Å². The van der Waals surface area contributed by atoms with E-state index < -0.39 is 0 Å². The second kappa shape index (κ2) is 8.94. The Kier molecular flexibility index (Phi) is 6.14. The summed E-state index contributed by atoms with van der Waals surface area (Å²) < 4.78 is 0. The van der Waals surface area contributed by atoms with Gasteiger partial charge < -0.3 is 14.9 Å². The molecule has 6 nitrogen and oxygen atoms in total. The highest BCUT2D eigenvalue weighted by molar-refractivity contribution is 7.07. The molecule has 7 heteroatoms. The maximum Gasteiger partial charge on any atom is 0.236 e. The van der Waals surface area contributed by atoms with E-state index in [9.17, 15) is 9.90 Å². The lowest BCUT2D eigenvalue weighted by atomic mass is 10.2. The summed E-state index contributed by atoms with van der Waals surface area (Å²) >= 11 is 1.74. The van der Waals surface area contributed by atoms with Crippen molar-refractivity contribution in [2.45, 2.75) is 6.54 Å². The number of phenolic OH excluding ortho intramolecular Hbond substituents is 1. The molecule has 0 unspecified atom stereocenters. The first-order chi connectivity index (χ1) is 13.7. The predicted molar refractivity (Wildman–Crippen MR) is 113 cm³/mol. The summed E-state index contributed by atoms with van der Waals surface area (Å²) in [5.74, 6) is 0.552. The van der Waals surface area contributed by atoms with E-state index in [2.05, 4.69) is 31.5 Å². The number of carbonyl (C=O) groups excluding carboxylic acids is 1. The average Bonchev–Trinajstić information content (AvgIpc) is 3.23. The summed E-state index contributed by atoms with van der Waals surface area (Å²) in [4.78, 5) is 21.7. The van der Waals surface area contributed by atoms with E-state index in [1.54, 1.807) is 23.5 Å². The number of thiophene rings is 1. The maximum atomic E-state index is 12.7. The molecule has 2 aliphatic rings. The molecule has 2 aliphatic heterocycles. The number of aromatic hydroxyl groups is 1. The lowest BCUT2D eigenvalue weighted by molar-refractivity contribution is -0.134. The Labute approximate surface area is 170 Å². The van der Waals surface area contributed by atoms with Crippen molar-refractivity contribution in [3.8, 4) is 5.75 Å². The van der Waals surface area contributed by atoms with Crippen LogP contribution in [0, 0.1) is 0 Å². The Balaban J connectivity index is 1.19. The number of amides is 1. The van der Waals surface area contributed by atoms with Gasteiger partial charge in [-0.05, 0) is 46.7 Å². The third-order valence-electron chi connectivity index (χ3n) is 5.66. The molecular weight excluding hydrogens is 372 g/mol. The summed E-state index contributed by atoms with van der Waals surface area (Å²) in [6.45, 7) is 8.69. The first-order valence-electron chi connectivity index (χ1n) is 9.95. The Bertz CT molecular complexity index is 749. The van der Waals surface area contributed by atoms with Crippen LogP contribution >= 0.6 is 11.3 Å². The van der Waals surface area contributed by atoms with Crippen LogP contribution in [0.4, 0.5) is 5.69 Å². The van der Waals surface area contributed by atoms with Gasteiger partial charge in [-0.1, -0.05) is 0 Å². The fourth-order valence-corrected chi connectivity index (χ4v) is 4.57. The molecule has 1 aromatic carbocycles. The van der Waals surface area contributed by atoms with E-state index in [0.29, 0.717) is 12.3 Å². The highest BCUT2D eigenvalue weighted by Gasteiger charge is 2.25. The molecule has 28 heavy (non-hydrogen) atoms. The molecule has 2 aromatic rings. The van der Waals surface area contributed by atoms with Gasteiger partial charge in [-0.3, -0.25) is 14.6 Å². The van der Waals surface area contributed by atoms with Crippen LogP contribution in [-0.2, 0) is 11.3 Å². The van der Waals surface area contributed by atoms with Gasteiger partial charge in [-0.15, -0.1) is 0 Å². The molecule has 0 bridgehead atoms. The largest absolute Gasteiger partial charge is 0.508 e.